The van der Waals surface area contributed by atoms with Crippen LogP contribution in [0.5, 0.6) is 0 Å². The molecule has 0 radical (unpaired) electrons. The molecule has 0 saturated heterocycles. The molecule has 0 fully saturated rings. The van der Waals surface area contributed by atoms with Crippen LogP contribution in [-0.4, -0.2) is 49.0 Å². The number of alkyl halides is 1. The van der Waals surface area contributed by atoms with Gasteiger partial charge in [0.2, 0.25) is 0 Å². The van der Waals surface area contributed by atoms with E-state index in [1.54, 1.807) is 0 Å². The van der Waals surface area contributed by atoms with Crippen molar-refractivity contribution < 1.29 is 13.9 Å². The number of unbranched alkanes of at least 4 members (excludes halogenated alkanes) is 2. The van der Waals surface area contributed by atoms with Crippen molar-refractivity contribution in [2.75, 3.05) is 13.3 Å². The average Bonchev–Trinajstić information content (AvgIpc) is 2.37. The molecule has 1 unspecified atom stereocenters. The van der Waals surface area contributed by atoms with E-state index in [0.717, 1.165) is 35.8 Å². The normalized spacial score (nSPS) is 12.2. The Labute approximate surface area is 135 Å². The van der Waals surface area contributed by atoms with Crippen LogP contribution < -0.4 is 0 Å². The van der Waals surface area contributed by atoms with Gasteiger partial charge in [-0.15, -0.1) is 0 Å². The van der Waals surface area contributed by atoms with Crippen LogP contribution in [0.25, 0.3) is 0 Å². The van der Waals surface area contributed by atoms with Crippen LogP contribution >= 0.6 is 0 Å². The number of halogens is 1. The molecule has 0 aliphatic heterocycles. The first-order chi connectivity index (χ1) is 9.34. The van der Waals surface area contributed by atoms with E-state index < -0.39 is 13.3 Å². The Morgan fingerprint density at radius 1 is 1.35 bits per heavy atom. The molecule has 1 atom stereocenters. The number of ether oxygens (including phenoxy) is 1. The van der Waals surface area contributed by atoms with Crippen molar-refractivity contribution in [3.05, 3.63) is 12.7 Å². The van der Waals surface area contributed by atoms with Crippen LogP contribution in [0.1, 0.15) is 32.6 Å². The van der Waals surface area contributed by atoms with E-state index in [0.29, 0.717) is 13.0 Å². The molecular weight excluding hydrogens is 376 g/mol. The number of esters is 1. The van der Waals surface area contributed by atoms with E-state index in [9.17, 15) is 9.18 Å². The summed E-state index contributed by atoms with van der Waals surface area (Å²) in [4.78, 5) is 11.8. The molecule has 0 aliphatic carbocycles. The first-order valence-corrected chi connectivity index (χ1v) is 18.2. The number of allylic oxidation sites excluding steroid dienone is 1. The summed E-state index contributed by atoms with van der Waals surface area (Å²) < 4.78 is 17.2. The van der Waals surface area contributed by atoms with Gasteiger partial charge in [0.25, 0.3) is 0 Å². The maximum atomic E-state index is 12.0. The SMILES string of the molecule is C=C[CH2][GeH3].CCOC(=O)[CH](CCCCCF)[Ge]([CH3])([CH3])[CH3]. The molecule has 0 amide bonds. The van der Waals surface area contributed by atoms with Crippen LogP contribution in [0.2, 0.25) is 27.3 Å². The summed E-state index contributed by atoms with van der Waals surface area (Å²) in [5.41, 5.74) is 0. The van der Waals surface area contributed by atoms with Crippen LogP contribution in [0.15, 0.2) is 12.7 Å². The fourth-order valence-corrected chi connectivity index (χ4v) is 5.67. The zero-order chi connectivity index (χ0) is 16.0. The third kappa shape index (κ3) is 13.2. The summed E-state index contributed by atoms with van der Waals surface area (Å²) in [6.45, 7) is 5.57. The molecular formula is C15H33FGe2O2. The molecule has 0 bridgehead atoms. The van der Waals surface area contributed by atoms with Gasteiger partial charge in [-0.05, 0) is 0 Å². The third-order valence-corrected chi connectivity index (χ3v) is 9.73. The Hall–Kier alpha value is 0.226. The molecule has 0 N–H and O–H groups in total. The van der Waals surface area contributed by atoms with Gasteiger partial charge < -0.3 is 0 Å². The predicted molar refractivity (Wildman–Crippen MR) is 93.1 cm³/mol. The van der Waals surface area contributed by atoms with Gasteiger partial charge in [0, 0.05) is 0 Å². The Kier molecular flexibility index (Phi) is 16.0. The molecule has 120 valence electrons. The van der Waals surface area contributed by atoms with Crippen LogP contribution in [0.4, 0.5) is 4.39 Å². The van der Waals surface area contributed by atoms with Crippen molar-refractivity contribution in [2.45, 2.75) is 59.9 Å². The van der Waals surface area contributed by atoms with Gasteiger partial charge in [-0.1, -0.05) is 0 Å². The van der Waals surface area contributed by atoms with Gasteiger partial charge in [0.05, 0.1) is 0 Å². The van der Waals surface area contributed by atoms with Crippen LogP contribution in [-0.2, 0) is 9.53 Å². The standard InChI is InChI=1S/C12H25FGeO2.C3H8Ge/c1-5-16-12(15)11(14(2,3)4)9-7-6-8-10-13;1-2-3-4/h11H,5-10H2,1-4H3;2H,1,3H2,4H3. The van der Waals surface area contributed by atoms with E-state index in [2.05, 4.69) is 23.8 Å². The number of carbonyl (C=O) groups is 1. The predicted octanol–water partition coefficient (Wildman–Crippen LogP) is 3.74. The summed E-state index contributed by atoms with van der Waals surface area (Å²) in [6, 6.07) is 0. The number of carbonyl (C=O) groups excluding carboxylic acids is 1. The molecule has 5 heteroatoms. The molecule has 0 aromatic heterocycles. The molecule has 0 aromatic rings. The molecule has 0 spiro atoms. The number of hydrogen-bond acceptors (Lipinski definition) is 2. The minimum atomic E-state index is -2.02. The first-order valence-electron chi connectivity index (χ1n) is 7.68. The van der Waals surface area contributed by atoms with E-state index in [4.69, 9.17) is 4.74 Å². The summed E-state index contributed by atoms with van der Waals surface area (Å²) in [6.07, 6.45) is 5.27. The van der Waals surface area contributed by atoms with Gasteiger partial charge in [0.1, 0.15) is 0 Å². The molecule has 0 rings (SSSR count). The van der Waals surface area contributed by atoms with Crippen LogP contribution in [0, 0.1) is 0 Å². The van der Waals surface area contributed by atoms with Gasteiger partial charge in [-0.25, -0.2) is 0 Å². The summed E-state index contributed by atoms with van der Waals surface area (Å²) in [5.74, 6) is 6.67. The van der Waals surface area contributed by atoms with Gasteiger partial charge in [-0.3, -0.25) is 0 Å². The molecule has 0 aliphatic rings. The maximum absolute atomic E-state index is 12.0. The molecule has 20 heavy (non-hydrogen) atoms. The van der Waals surface area contributed by atoms with E-state index in [1.807, 2.05) is 13.0 Å². The quantitative estimate of drug-likeness (QED) is 0.251. The molecule has 0 saturated carbocycles. The van der Waals surface area contributed by atoms with Crippen molar-refractivity contribution in [3.8, 4) is 0 Å². The molecule has 0 aromatic carbocycles. The third-order valence-electron chi connectivity index (χ3n) is 3.03. The van der Waals surface area contributed by atoms with Gasteiger partial charge in [0.15, 0.2) is 0 Å². The topological polar surface area (TPSA) is 26.3 Å². The average molecular weight is 410 g/mol. The molecule has 0 heterocycles. The summed E-state index contributed by atoms with van der Waals surface area (Å²) in [5, 5.41) is 1.27. The van der Waals surface area contributed by atoms with E-state index in [-0.39, 0.29) is 17.4 Å². The van der Waals surface area contributed by atoms with Crippen LogP contribution in [0.3, 0.4) is 0 Å². The van der Waals surface area contributed by atoms with E-state index in [1.165, 1.54) is 5.25 Å². The second-order valence-electron chi connectivity index (χ2n) is 5.91. The zero-order valence-corrected chi connectivity index (χ0v) is 20.3. The monoisotopic (exact) mass is 412 g/mol. The molecule has 2 nitrogen and oxygen atoms in total. The Bertz CT molecular complexity index is 253. The van der Waals surface area contributed by atoms with Crippen molar-refractivity contribution in [1.82, 2.24) is 0 Å². The first kappa shape index (κ1) is 22.5. The van der Waals surface area contributed by atoms with E-state index >= 15 is 0 Å². The second-order valence-corrected chi connectivity index (χ2v) is 19.0. The number of rotatable bonds is 9. The fraction of sp³-hybridized carbons (Fsp3) is 0.800. The Morgan fingerprint density at radius 3 is 2.25 bits per heavy atom. The van der Waals surface area contributed by atoms with Crippen molar-refractivity contribution in [1.29, 1.82) is 0 Å². The second kappa shape index (κ2) is 14.2. The van der Waals surface area contributed by atoms with Gasteiger partial charge >= 0.3 is 135 Å². The minimum absolute atomic E-state index is 0.0322. The van der Waals surface area contributed by atoms with Gasteiger partial charge in [-0.2, -0.15) is 0 Å². The Balaban J connectivity index is 0. The van der Waals surface area contributed by atoms with Crippen molar-refractivity contribution >= 4 is 35.7 Å². The summed E-state index contributed by atoms with van der Waals surface area (Å²) in [7, 11) is 0. The fourth-order valence-electron chi connectivity index (χ4n) is 1.77. The van der Waals surface area contributed by atoms with Crippen molar-refractivity contribution in [2.24, 2.45) is 0 Å². The van der Waals surface area contributed by atoms with Crippen molar-refractivity contribution in [3.63, 3.8) is 0 Å². The zero-order valence-electron chi connectivity index (χ0n) is 14.0. The summed E-state index contributed by atoms with van der Waals surface area (Å²) >= 11 is -1.02. The number of hydrogen-bond donors (Lipinski definition) is 0. The Morgan fingerprint density at radius 2 is 1.90 bits per heavy atom.